The van der Waals surface area contributed by atoms with Crippen LogP contribution in [-0.4, -0.2) is 11.1 Å². The van der Waals surface area contributed by atoms with Crippen LogP contribution < -0.4 is 0 Å². The molecular weight excluding hydrogens is 212 g/mol. The minimum Gasteiger partial charge on any atom is -0.481 e. The molecule has 0 heterocycles. The summed E-state index contributed by atoms with van der Waals surface area (Å²) in [5, 5.41) is 8.47. The lowest BCUT2D eigenvalue weighted by Crippen LogP contribution is -1.93. The van der Waals surface area contributed by atoms with Crippen LogP contribution in [0.25, 0.3) is 0 Å². The lowest BCUT2D eigenvalue weighted by molar-refractivity contribution is -0.137. The molecule has 2 nitrogen and oxygen atoms in total. The number of carbonyl (C=O) groups is 1. The standard InChI is InChI=1S/C15H28O2/c1-14(2)12-10-8-6-4-3-5-7-9-11-13-15(16)17/h6,8,14H,3-5,7,9-13H2,1-2H3,(H,16,17)/b8-6+. The molecule has 2 heteroatoms. The molecule has 0 fully saturated rings. The van der Waals surface area contributed by atoms with Crippen molar-refractivity contribution < 1.29 is 9.90 Å². The van der Waals surface area contributed by atoms with E-state index in [1.807, 2.05) is 0 Å². The molecule has 0 aromatic carbocycles. The van der Waals surface area contributed by atoms with Gasteiger partial charge in [0.15, 0.2) is 0 Å². The Morgan fingerprint density at radius 3 is 2.24 bits per heavy atom. The van der Waals surface area contributed by atoms with Crippen molar-refractivity contribution in [2.75, 3.05) is 0 Å². The fourth-order valence-corrected chi connectivity index (χ4v) is 1.73. The van der Waals surface area contributed by atoms with E-state index in [1.54, 1.807) is 0 Å². The Bertz CT molecular complexity index is 207. The molecule has 0 aromatic rings. The van der Waals surface area contributed by atoms with Gasteiger partial charge in [0, 0.05) is 6.42 Å². The van der Waals surface area contributed by atoms with Gasteiger partial charge < -0.3 is 5.11 Å². The molecule has 17 heavy (non-hydrogen) atoms. The average molecular weight is 240 g/mol. The van der Waals surface area contributed by atoms with E-state index in [0.717, 1.165) is 18.8 Å². The van der Waals surface area contributed by atoms with E-state index in [0.29, 0.717) is 6.42 Å². The third kappa shape index (κ3) is 15.2. The maximum absolute atomic E-state index is 10.3. The summed E-state index contributed by atoms with van der Waals surface area (Å²) >= 11 is 0. The Morgan fingerprint density at radius 2 is 1.59 bits per heavy atom. The molecule has 1 N–H and O–H groups in total. The number of hydrogen-bond donors (Lipinski definition) is 1. The van der Waals surface area contributed by atoms with Crippen molar-refractivity contribution in [1.82, 2.24) is 0 Å². The number of unbranched alkanes of at least 4 members (excludes halogenated alkanes) is 5. The molecule has 0 saturated carbocycles. The monoisotopic (exact) mass is 240 g/mol. The Balaban J connectivity index is 3.10. The highest BCUT2D eigenvalue weighted by Crippen LogP contribution is 2.09. The molecule has 0 aliphatic carbocycles. The first-order valence-corrected chi connectivity index (χ1v) is 6.99. The zero-order chi connectivity index (χ0) is 12.9. The third-order valence-electron chi connectivity index (χ3n) is 2.84. The predicted molar refractivity (Wildman–Crippen MR) is 73.2 cm³/mol. The summed E-state index contributed by atoms with van der Waals surface area (Å²) in [7, 11) is 0. The van der Waals surface area contributed by atoms with Crippen molar-refractivity contribution in [3.8, 4) is 0 Å². The Kier molecular flexibility index (Phi) is 11.1. The van der Waals surface area contributed by atoms with Gasteiger partial charge >= 0.3 is 5.97 Å². The maximum atomic E-state index is 10.3. The Labute approximate surface area is 106 Å². The van der Waals surface area contributed by atoms with E-state index in [2.05, 4.69) is 26.0 Å². The van der Waals surface area contributed by atoms with E-state index in [9.17, 15) is 4.79 Å². The molecule has 0 rings (SSSR count). The normalized spacial score (nSPS) is 11.5. The quantitative estimate of drug-likeness (QED) is 0.416. The van der Waals surface area contributed by atoms with Crippen LogP contribution >= 0.6 is 0 Å². The van der Waals surface area contributed by atoms with Crippen LogP contribution in [0.2, 0.25) is 0 Å². The molecule has 0 aliphatic rings. The number of carboxylic acids is 1. The fourth-order valence-electron chi connectivity index (χ4n) is 1.73. The van der Waals surface area contributed by atoms with Crippen LogP contribution in [0.15, 0.2) is 12.2 Å². The topological polar surface area (TPSA) is 37.3 Å². The molecule has 0 unspecified atom stereocenters. The Hall–Kier alpha value is -0.790. The van der Waals surface area contributed by atoms with Crippen LogP contribution in [0.4, 0.5) is 0 Å². The van der Waals surface area contributed by atoms with Gasteiger partial charge in [0.05, 0.1) is 0 Å². The predicted octanol–water partition coefficient (Wildman–Crippen LogP) is 4.79. The summed E-state index contributed by atoms with van der Waals surface area (Å²) in [6, 6.07) is 0. The van der Waals surface area contributed by atoms with Gasteiger partial charge in [0.2, 0.25) is 0 Å². The van der Waals surface area contributed by atoms with Crippen LogP contribution in [-0.2, 0) is 4.79 Å². The smallest absolute Gasteiger partial charge is 0.303 e. The molecule has 0 bridgehead atoms. The van der Waals surface area contributed by atoms with Gasteiger partial charge in [0.1, 0.15) is 0 Å². The summed E-state index contributed by atoms with van der Waals surface area (Å²) in [6.45, 7) is 4.51. The van der Waals surface area contributed by atoms with Crippen molar-refractivity contribution in [3.63, 3.8) is 0 Å². The van der Waals surface area contributed by atoms with Crippen molar-refractivity contribution in [2.45, 2.75) is 71.6 Å². The van der Waals surface area contributed by atoms with Gasteiger partial charge in [-0.05, 0) is 38.0 Å². The lowest BCUT2D eigenvalue weighted by atomic mass is 10.1. The van der Waals surface area contributed by atoms with E-state index in [1.165, 1.54) is 38.5 Å². The molecule has 0 radical (unpaired) electrons. The molecule has 0 amide bonds. The highest BCUT2D eigenvalue weighted by molar-refractivity contribution is 5.66. The van der Waals surface area contributed by atoms with Crippen LogP contribution in [0, 0.1) is 5.92 Å². The van der Waals surface area contributed by atoms with E-state index in [-0.39, 0.29) is 0 Å². The second kappa shape index (κ2) is 11.7. The van der Waals surface area contributed by atoms with E-state index >= 15 is 0 Å². The maximum Gasteiger partial charge on any atom is 0.303 e. The minimum atomic E-state index is -0.668. The van der Waals surface area contributed by atoms with Crippen LogP contribution in [0.3, 0.4) is 0 Å². The zero-order valence-electron chi connectivity index (χ0n) is 11.5. The first-order chi connectivity index (χ1) is 8.13. The van der Waals surface area contributed by atoms with Crippen molar-refractivity contribution in [2.24, 2.45) is 5.92 Å². The average Bonchev–Trinajstić information content (AvgIpc) is 2.25. The lowest BCUT2D eigenvalue weighted by Gasteiger charge is -2.00. The number of aliphatic carboxylic acids is 1. The highest BCUT2D eigenvalue weighted by atomic mass is 16.4. The van der Waals surface area contributed by atoms with E-state index < -0.39 is 5.97 Å². The van der Waals surface area contributed by atoms with Crippen LogP contribution in [0.1, 0.15) is 71.6 Å². The number of rotatable bonds is 11. The van der Waals surface area contributed by atoms with Gasteiger partial charge in [-0.3, -0.25) is 4.79 Å². The molecule has 0 aliphatic heterocycles. The van der Waals surface area contributed by atoms with Crippen molar-refractivity contribution in [3.05, 3.63) is 12.2 Å². The number of allylic oxidation sites excluding steroid dienone is 2. The number of hydrogen-bond acceptors (Lipinski definition) is 1. The second-order valence-electron chi connectivity index (χ2n) is 5.14. The summed E-state index contributed by atoms with van der Waals surface area (Å²) in [4.78, 5) is 10.3. The summed E-state index contributed by atoms with van der Waals surface area (Å²) in [5.41, 5.74) is 0. The largest absolute Gasteiger partial charge is 0.481 e. The van der Waals surface area contributed by atoms with Crippen LogP contribution in [0.5, 0.6) is 0 Å². The summed E-state index contributed by atoms with van der Waals surface area (Å²) < 4.78 is 0. The van der Waals surface area contributed by atoms with Gasteiger partial charge in [-0.1, -0.05) is 45.3 Å². The Morgan fingerprint density at radius 1 is 1.00 bits per heavy atom. The molecule has 0 atom stereocenters. The SMILES string of the molecule is CC(C)CC/C=C/CCCCCCCC(=O)O. The second-order valence-corrected chi connectivity index (χ2v) is 5.14. The first kappa shape index (κ1) is 16.2. The highest BCUT2D eigenvalue weighted by Gasteiger charge is 1.95. The first-order valence-electron chi connectivity index (χ1n) is 6.99. The third-order valence-corrected chi connectivity index (χ3v) is 2.84. The fraction of sp³-hybridized carbons (Fsp3) is 0.800. The molecular formula is C15H28O2. The summed E-state index contributed by atoms with van der Waals surface area (Å²) in [6.07, 6.45) is 14.1. The molecule has 100 valence electrons. The van der Waals surface area contributed by atoms with Gasteiger partial charge in [-0.2, -0.15) is 0 Å². The van der Waals surface area contributed by atoms with Crippen molar-refractivity contribution >= 4 is 5.97 Å². The zero-order valence-corrected chi connectivity index (χ0v) is 11.5. The molecule has 0 aromatic heterocycles. The molecule has 0 saturated heterocycles. The molecule has 0 spiro atoms. The van der Waals surface area contributed by atoms with Gasteiger partial charge in [0.25, 0.3) is 0 Å². The van der Waals surface area contributed by atoms with E-state index in [4.69, 9.17) is 5.11 Å². The number of carboxylic acid groups (broad SMARTS) is 1. The van der Waals surface area contributed by atoms with Gasteiger partial charge in [-0.15, -0.1) is 0 Å². The minimum absolute atomic E-state index is 0.328. The summed E-state index contributed by atoms with van der Waals surface area (Å²) in [5.74, 6) is 0.131. The van der Waals surface area contributed by atoms with Gasteiger partial charge in [-0.25, -0.2) is 0 Å². The van der Waals surface area contributed by atoms with Crippen molar-refractivity contribution in [1.29, 1.82) is 0 Å².